The number of benzene rings is 2. The van der Waals surface area contributed by atoms with Gasteiger partial charge in [-0.25, -0.2) is 0 Å². The lowest BCUT2D eigenvalue weighted by Crippen LogP contribution is -3.00. The Bertz CT molecular complexity index is 808. The third-order valence-electron chi connectivity index (χ3n) is 4.74. The van der Waals surface area contributed by atoms with E-state index in [9.17, 15) is 4.79 Å². The number of ether oxygens (including phenoxy) is 3. The second kappa shape index (κ2) is 9.37. The molecule has 0 N–H and O–H groups in total. The zero-order chi connectivity index (χ0) is 18.6. The van der Waals surface area contributed by atoms with Gasteiger partial charge in [0.25, 0.3) is 5.91 Å². The number of piperazine rings is 1. The van der Waals surface area contributed by atoms with Crippen molar-refractivity contribution in [3.05, 3.63) is 53.1 Å². The van der Waals surface area contributed by atoms with Crippen molar-refractivity contribution in [1.82, 2.24) is 9.80 Å². The van der Waals surface area contributed by atoms with Crippen LogP contribution in [0.1, 0.15) is 5.56 Å². The standard InChI is InChI=1S/C20H21ClN2O4.ClH/c21-16-2-4-17(5-3-16)25-13-20(24)23-9-7-22(8-10-23)12-15-1-6-18-19(11-15)27-14-26-18;/h1-6,11H,7-10,12-14H2;1H/p-1. The fourth-order valence-electron chi connectivity index (χ4n) is 3.22. The van der Waals surface area contributed by atoms with Gasteiger partial charge in [-0.3, -0.25) is 9.69 Å². The Morgan fingerprint density at radius 3 is 2.46 bits per heavy atom. The monoisotopic (exact) mass is 423 g/mol. The highest BCUT2D eigenvalue weighted by Gasteiger charge is 2.22. The van der Waals surface area contributed by atoms with Crippen molar-refractivity contribution in [1.29, 1.82) is 0 Å². The lowest BCUT2D eigenvalue weighted by Gasteiger charge is -2.34. The molecule has 0 aliphatic carbocycles. The van der Waals surface area contributed by atoms with E-state index in [0.29, 0.717) is 23.9 Å². The minimum atomic E-state index is 0. The Hall–Kier alpha value is -2.15. The van der Waals surface area contributed by atoms with Crippen LogP contribution in [0.15, 0.2) is 42.5 Å². The molecule has 1 fully saturated rings. The molecule has 0 saturated carbocycles. The first-order valence-corrected chi connectivity index (χ1v) is 9.32. The highest BCUT2D eigenvalue weighted by Crippen LogP contribution is 2.32. The molecule has 1 amide bonds. The number of carbonyl (C=O) groups excluding carboxylic acids is 1. The van der Waals surface area contributed by atoms with Crippen LogP contribution in [0.4, 0.5) is 0 Å². The van der Waals surface area contributed by atoms with Crippen LogP contribution in [0.25, 0.3) is 0 Å². The average Bonchev–Trinajstić information content (AvgIpc) is 3.16. The molecule has 2 aliphatic heterocycles. The molecule has 2 heterocycles. The normalized spacial score (nSPS) is 15.8. The van der Waals surface area contributed by atoms with E-state index in [1.165, 1.54) is 5.56 Å². The first-order chi connectivity index (χ1) is 13.2. The van der Waals surface area contributed by atoms with E-state index in [4.69, 9.17) is 25.8 Å². The van der Waals surface area contributed by atoms with Gasteiger partial charge in [0.2, 0.25) is 6.79 Å². The Labute approximate surface area is 175 Å². The van der Waals surface area contributed by atoms with E-state index < -0.39 is 0 Å². The van der Waals surface area contributed by atoms with Gasteiger partial charge in [0.15, 0.2) is 18.1 Å². The quantitative estimate of drug-likeness (QED) is 0.666. The van der Waals surface area contributed by atoms with E-state index in [2.05, 4.69) is 11.0 Å². The van der Waals surface area contributed by atoms with E-state index in [1.54, 1.807) is 24.3 Å². The Balaban J connectivity index is 0.00000225. The fraction of sp³-hybridized carbons (Fsp3) is 0.350. The van der Waals surface area contributed by atoms with Crippen molar-refractivity contribution < 1.29 is 31.4 Å². The SMILES string of the molecule is O=C(COc1ccc(Cl)cc1)N1CCN(Cc2ccc3c(c2)OCO3)CC1.[Cl-]. The largest absolute Gasteiger partial charge is 1.00 e. The molecule has 28 heavy (non-hydrogen) atoms. The van der Waals surface area contributed by atoms with Gasteiger partial charge in [-0.05, 0) is 42.0 Å². The molecule has 4 rings (SSSR count). The fourth-order valence-corrected chi connectivity index (χ4v) is 3.35. The number of rotatable bonds is 5. The van der Waals surface area contributed by atoms with E-state index in [-0.39, 0.29) is 31.7 Å². The van der Waals surface area contributed by atoms with E-state index in [1.807, 2.05) is 17.0 Å². The first kappa shape index (κ1) is 20.6. The summed E-state index contributed by atoms with van der Waals surface area (Å²) in [5, 5.41) is 0.646. The van der Waals surface area contributed by atoms with Crippen LogP contribution in [0, 0.1) is 0 Å². The van der Waals surface area contributed by atoms with Gasteiger partial charge in [0, 0.05) is 37.7 Å². The summed E-state index contributed by atoms with van der Waals surface area (Å²) in [6, 6.07) is 13.1. The number of hydrogen-bond acceptors (Lipinski definition) is 5. The molecule has 2 aromatic rings. The topological polar surface area (TPSA) is 51.2 Å². The van der Waals surface area contributed by atoms with Gasteiger partial charge in [0.05, 0.1) is 0 Å². The minimum Gasteiger partial charge on any atom is -1.00 e. The number of nitrogens with zero attached hydrogens (tertiary/aromatic N) is 2. The Kier molecular flexibility index (Phi) is 6.88. The molecule has 150 valence electrons. The second-order valence-electron chi connectivity index (χ2n) is 6.59. The van der Waals surface area contributed by atoms with Gasteiger partial charge in [-0.15, -0.1) is 0 Å². The van der Waals surface area contributed by atoms with Crippen LogP contribution in [0.5, 0.6) is 17.2 Å². The third kappa shape index (κ3) is 5.01. The smallest absolute Gasteiger partial charge is 0.260 e. The molecule has 0 bridgehead atoms. The summed E-state index contributed by atoms with van der Waals surface area (Å²) >= 11 is 5.85. The minimum absolute atomic E-state index is 0. The van der Waals surface area contributed by atoms with Crippen LogP contribution in [0.2, 0.25) is 5.02 Å². The summed E-state index contributed by atoms with van der Waals surface area (Å²) in [4.78, 5) is 16.5. The van der Waals surface area contributed by atoms with Crippen molar-refractivity contribution in [2.45, 2.75) is 6.54 Å². The highest BCUT2D eigenvalue weighted by molar-refractivity contribution is 6.30. The molecule has 6 nitrogen and oxygen atoms in total. The Morgan fingerprint density at radius 2 is 1.71 bits per heavy atom. The number of carbonyl (C=O) groups is 1. The number of halogens is 2. The Morgan fingerprint density at radius 1 is 1.00 bits per heavy atom. The molecule has 8 heteroatoms. The maximum absolute atomic E-state index is 12.4. The molecular formula is C20H21Cl2N2O4-. The lowest BCUT2D eigenvalue weighted by atomic mass is 10.1. The zero-order valence-corrected chi connectivity index (χ0v) is 16.8. The van der Waals surface area contributed by atoms with Crippen LogP contribution in [-0.2, 0) is 11.3 Å². The molecule has 0 radical (unpaired) electrons. The second-order valence-corrected chi connectivity index (χ2v) is 7.02. The highest BCUT2D eigenvalue weighted by atomic mass is 35.5. The summed E-state index contributed by atoms with van der Waals surface area (Å²) < 4.78 is 16.3. The van der Waals surface area contributed by atoms with Crippen LogP contribution < -0.4 is 26.6 Å². The molecule has 0 aromatic heterocycles. The summed E-state index contributed by atoms with van der Waals surface area (Å²) in [5.74, 6) is 2.26. The van der Waals surface area contributed by atoms with Crippen molar-refractivity contribution in [3.8, 4) is 17.2 Å². The predicted molar refractivity (Wildman–Crippen MR) is 101 cm³/mol. The van der Waals surface area contributed by atoms with Crippen molar-refractivity contribution in [3.63, 3.8) is 0 Å². The van der Waals surface area contributed by atoms with Gasteiger partial charge in [-0.2, -0.15) is 0 Å². The molecule has 0 unspecified atom stereocenters. The van der Waals surface area contributed by atoms with E-state index in [0.717, 1.165) is 31.1 Å². The average molecular weight is 424 g/mol. The van der Waals surface area contributed by atoms with Crippen LogP contribution in [0.3, 0.4) is 0 Å². The maximum atomic E-state index is 12.4. The molecule has 1 saturated heterocycles. The van der Waals surface area contributed by atoms with Crippen LogP contribution in [-0.4, -0.2) is 55.3 Å². The summed E-state index contributed by atoms with van der Waals surface area (Å²) in [6.45, 7) is 4.24. The number of amides is 1. The molecule has 0 spiro atoms. The predicted octanol–water partition coefficient (Wildman–Crippen LogP) is -0.204. The summed E-state index contributed by atoms with van der Waals surface area (Å²) in [6.07, 6.45) is 0. The maximum Gasteiger partial charge on any atom is 0.260 e. The van der Waals surface area contributed by atoms with Gasteiger partial charge in [0.1, 0.15) is 5.75 Å². The summed E-state index contributed by atoms with van der Waals surface area (Å²) in [5.41, 5.74) is 1.19. The molecule has 2 aliphatic rings. The lowest BCUT2D eigenvalue weighted by molar-refractivity contribution is -0.135. The van der Waals surface area contributed by atoms with Gasteiger partial charge >= 0.3 is 0 Å². The number of fused-ring (bicyclic) bond motifs is 1. The number of hydrogen-bond donors (Lipinski definition) is 0. The first-order valence-electron chi connectivity index (χ1n) is 8.94. The third-order valence-corrected chi connectivity index (χ3v) is 5.00. The zero-order valence-electron chi connectivity index (χ0n) is 15.3. The van der Waals surface area contributed by atoms with Crippen molar-refractivity contribution in [2.24, 2.45) is 0 Å². The van der Waals surface area contributed by atoms with Crippen LogP contribution >= 0.6 is 11.6 Å². The molecular weight excluding hydrogens is 403 g/mol. The van der Waals surface area contributed by atoms with Gasteiger partial charge in [-0.1, -0.05) is 17.7 Å². The molecule has 0 atom stereocenters. The van der Waals surface area contributed by atoms with Crippen molar-refractivity contribution >= 4 is 17.5 Å². The van der Waals surface area contributed by atoms with E-state index >= 15 is 0 Å². The van der Waals surface area contributed by atoms with Crippen molar-refractivity contribution in [2.75, 3.05) is 39.6 Å². The molecule has 2 aromatic carbocycles. The summed E-state index contributed by atoms with van der Waals surface area (Å²) in [7, 11) is 0. The van der Waals surface area contributed by atoms with Gasteiger partial charge < -0.3 is 31.5 Å².